The van der Waals surface area contributed by atoms with Crippen LogP contribution in [0.25, 0.3) is 0 Å². The molecule has 0 saturated carbocycles. The van der Waals surface area contributed by atoms with Crippen LogP contribution in [-0.4, -0.2) is 17.1 Å². The third kappa shape index (κ3) is 5.01. The molecule has 3 rings (SSSR count). The van der Waals surface area contributed by atoms with Crippen LogP contribution in [0.2, 0.25) is 0 Å². The van der Waals surface area contributed by atoms with Gasteiger partial charge in [0.15, 0.2) is 0 Å². The number of aromatic nitrogens is 1. The highest BCUT2D eigenvalue weighted by Gasteiger charge is 2.10. The number of pyridine rings is 1. The van der Waals surface area contributed by atoms with Crippen LogP contribution in [0.4, 0.5) is 14.5 Å². The highest BCUT2D eigenvalue weighted by atomic mass is 19.3. The van der Waals surface area contributed by atoms with E-state index in [-0.39, 0.29) is 16.9 Å². The number of carbonyl (C=O) groups excluding carboxylic acids is 1. The number of hydrogen-bond donors (Lipinski definition) is 1. The topological polar surface area (TPSA) is 60.3 Å². The predicted octanol–water partition coefficient (Wildman–Crippen LogP) is 3.75. The van der Waals surface area contributed by atoms with Crippen LogP contribution in [0.1, 0.15) is 15.9 Å². The minimum atomic E-state index is -2.95. The summed E-state index contributed by atoms with van der Waals surface area (Å²) >= 11 is 0. The van der Waals surface area contributed by atoms with Crippen molar-refractivity contribution in [2.24, 2.45) is 0 Å². The smallest absolute Gasteiger partial charge is 0.387 e. The number of amides is 1. The van der Waals surface area contributed by atoms with Gasteiger partial charge in [0.2, 0.25) is 0 Å². The Morgan fingerprint density at radius 3 is 2.52 bits per heavy atom. The summed E-state index contributed by atoms with van der Waals surface area (Å²) in [5.41, 5.74) is 1.55. The minimum absolute atomic E-state index is 0.0821. The summed E-state index contributed by atoms with van der Waals surface area (Å²) in [6.07, 6.45) is 1.70. The van der Waals surface area contributed by atoms with Gasteiger partial charge in [-0.05, 0) is 42.0 Å². The lowest BCUT2D eigenvalue weighted by atomic mass is 10.1. The number of nitrogens with one attached hydrogen (secondary N) is 1. The summed E-state index contributed by atoms with van der Waals surface area (Å²) in [4.78, 5) is 24.0. The number of halogens is 2. The van der Waals surface area contributed by atoms with Crippen molar-refractivity contribution >= 4 is 11.6 Å². The molecule has 0 fully saturated rings. The van der Waals surface area contributed by atoms with E-state index in [1.54, 1.807) is 47.2 Å². The third-order valence-electron chi connectivity index (χ3n) is 3.79. The Balaban J connectivity index is 1.67. The van der Waals surface area contributed by atoms with Gasteiger partial charge in [0.1, 0.15) is 5.75 Å². The molecular weight excluding hydrogens is 354 g/mol. The zero-order valence-electron chi connectivity index (χ0n) is 14.1. The Kier molecular flexibility index (Phi) is 5.61. The average molecular weight is 370 g/mol. The Bertz CT molecular complexity index is 985. The lowest BCUT2D eigenvalue weighted by molar-refractivity contribution is -0.0498. The molecule has 0 atom stereocenters. The first-order valence-electron chi connectivity index (χ1n) is 8.12. The molecule has 5 nitrogen and oxygen atoms in total. The van der Waals surface area contributed by atoms with Gasteiger partial charge in [0.05, 0.1) is 6.54 Å². The van der Waals surface area contributed by atoms with Gasteiger partial charge in [0, 0.05) is 23.5 Å². The first-order valence-corrected chi connectivity index (χ1v) is 8.12. The lowest BCUT2D eigenvalue weighted by Gasteiger charge is -2.09. The van der Waals surface area contributed by atoms with Crippen molar-refractivity contribution in [3.63, 3.8) is 0 Å². The third-order valence-corrected chi connectivity index (χ3v) is 3.79. The summed E-state index contributed by atoms with van der Waals surface area (Å²) < 4.78 is 30.4. The number of anilines is 1. The molecule has 0 spiro atoms. The molecule has 1 heterocycles. The van der Waals surface area contributed by atoms with Gasteiger partial charge < -0.3 is 14.6 Å². The first kappa shape index (κ1) is 18.3. The molecule has 27 heavy (non-hydrogen) atoms. The van der Waals surface area contributed by atoms with Gasteiger partial charge in [-0.25, -0.2) is 0 Å². The van der Waals surface area contributed by atoms with E-state index in [9.17, 15) is 18.4 Å². The van der Waals surface area contributed by atoms with E-state index in [0.717, 1.165) is 5.56 Å². The fraction of sp³-hybridized carbons (Fsp3) is 0.100. The standard InChI is InChI=1S/C20H16F2N2O3/c21-20(22)27-17-5-3-4-15(12-17)19(26)23-16-9-7-14(8-10-16)13-24-11-2-1-6-18(24)25/h1-12,20H,13H2,(H,23,26). The summed E-state index contributed by atoms with van der Waals surface area (Å²) in [5, 5.41) is 2.69. The highest BCUT2D eigenvalue weighted by Crippen LogP contribution is 2.18. The van der Waals surface area contributed by atoms with Crippen LogP contribution in [0.15, 0.2) is 77.7 Å². The van der Waals surface area contributed by atoms with Crippen LogP contribution in [0.3, 0.4) is 0 Å². The number of rotatable bonds is 6. The zero-order chi connectivity index (χ0) is 19.2. The normalized spacial score (nSPS) is 10.6. The van der Waals surface area contributed by atoms with Crippen LogP contribution >= 0.6 is 0 Å². The fourth-order valence-electron chi connectivity index (χ4n) is 2.50. The summed E-state index contributed by atoms with van der Waals surface area (Å²) in [7, 11) is 0. The van der Waals surface area contributed by atoms with Crippen LogP contribution in [0.5, 0.6) is 5.75 Å². The zero-order valence-corrected chi connectivity index (χ0v) is 14.1. The summed E-state index contributed by atoms with van der Waals surface area (Å²) in [6.45, 7) is -2.53. The van der Waals surface area contributed by atoms with Gasteiger partial charge in [-0.1, -0.05) is 24.3 Å². The van der Waals surface area contributed by atoms with Crippen molar-refractivity contribution in [2.45, 2.75) is 13.2 Å². The molecule has 0 aliphatic rings. The number of ether oxygens (including phenoxy) is 1. The Hall–Kier alpha value is -3.48. The van der Waals surface area contributed by atoms with Crippen molar-refractivity contribution in [1.82, 2.24) is 4.57 Å². The van der Waals surface area contributed by atoms with Crippen molar-refractivity contribution in [3.05, 3.63) is 94.4 Å². The van der Waals surface area contributed by atoms with Crippen LogP contribution in [-0.2, 0) is 6.54 Å². The predicted molar refractivity (Wildman–Crippen MR) is 97.3 cm³/mol. The number of hydrogen-bond acceptors (Lipinski definition) is 3. The second-order valence-electron chi connectivity index (χ2n) is 5.72. The van der Waals surface area contributed by atoms with Gasteiger partial charge in [-0.15, -0.1) is 0 Å². The molecule has 1 amide bonds. The largest absolute Gasteiger partial charge is 0.435 e. The quantitative estimate of drug-likeness (QED) is 0.719. The highest BCUT2D eigenvalue weighted by molar-refractivity contribution is 6.04. The molecule has 7 heteroatoms. The van der Waals surface area contributed by atoms with E-state index in [4.69, 9.17) is 0 Å². The number of nitrogens with zero attached hydrogens (tertiary/aromatic N) is 1. The summed E-state index contributed by atoms with van der Waals surface area (Å²) in [6, 6.07) is 17.5. The molecule has 0 radical (unpaired) electrons. The summed E-state index contributed by atoms with van der Waals surface area (Å²) in [5.74, 6) is -0.525. The molecule has 0 unspecified atom stereocenters. The second-order valence-corrected chi connectivity index (χ2v) is 5.72. The molecule has 0 saturated heterocycles. The fourth-order valence-corrected chi connectivity index (χ4v) is 2.50. The molecule has 0 aliphatic carbocycles. The minimum Gasteiger partial charge on any atom is -0.435 e. The maximum Gasteiger partial charge on any atom is 0.387 e. The Morgan fingerprint density at radius 1 is 1.04 bits per heavy atom. The van der Waals surface area contributed by atoms with E-state index in [0.29, 0.717) is 12.2 Å². The van der Waals surface area contributed by atoms with Crippen molar-refractivity contribution in [2.75, 3.05) is 5.32 Å². The van der Waals surface area contributed by atoms with Crippen molar-refractivity contribution in [3.8, 4) is 5.75 Å². The molecular formula is C20H16F2N2O3. The van der Waals surface area contributed by atoms with Crippen LogP contribution in [0, 0.1) is 0 Å². The molecule has 138 valence electrons. The number of benzene rings is 2. The molecule has 0 bridgehead atoms. The van der Waals surface area contributed by atoms with Gasteiger partial charge in [-0.2, -0.15) is 8.78 Å². The van der Waals surface area contributed by atoms with Gasteiger partial charge in [0.25, 0.3) is 11.5 Å². The van der Waals surface area contributed by atoms with Gasteiger partial charge >= 0.3 is 6.61 Å². The molecule has 1 N–H and O–H groups in total. The van der Waals surface area contributed by atoms with Crippen molar-refractivity contribution in [1.29, 1.82) is 0 Å². The maximum absolute atomic E-state index is 12.3. The van der Waals surface area contributed by atoms with Crippen molar-refractivity contribution < 1.29 is 18.3 Å². The Morgan fingerprint density at radius 2 is 1.81 bits per heavy atom. The maximum atomic E-state index is 12.3. The lowest BCUT2D eigenvalue weighted by Crippen LogP contribution is -2.18. The van der Waals surface area contributed by atoms with Crippen LogP contribution < -0.4 is 15.6 Å². The Labute approximate surface area is 153 Å². The first-order chi connectivity index (χ1) is 13.0. The van der Waals surface area contributed by atoms with E-state index in [2.05, 4.69) is 10.1 Å². The van der Waals surface area contributed by atoms with E-state index in [1.165, 1.54) is 30.3 Å². The van der Waals surface area contributed by atoms with Gasteiger partial charge in [-0.3, -0.25) is 9.59 Å². The number of alkyl halides is 2. The molecule has 1 aromatic heterocycles. The molecule has 3 aromatic rings. The van der Waals surface area contributed by atoms with E-state index >= 15 is 0 Å². The average Bonchev–Trinajstić information content (AvgIpc) is 2.65. The van der Waals surface area contributed by atoms with E-state index < -0.39 is 12.5 Å². The molecule has 2 aromatic carbocycles. The monoisotopic (exact) mass is 370 g/mol. The second kappa shape index (κ2) is 8.27. The number of carbonyl (C=O) groups is 1. The molecule has 0 aliphatic heterocycles. The van der Waals surface area contributed by atoms with E-state index in [1.807, 2.05) is 0 Å². The SMILES string of the molecule is O=C(Nc1ccc(Cn2ccccc2=O)cc1)c1cccc(OC(F)F)c1.